The van der Waals surface area contributed by atoms with E-state index in [0.717, 1.165) is 22.9 Å². The van der Waals surface area contributed by atoms with Crippen molar-refractivity contribution in [2.24, 2.45) is 5.73 Å². The van der Waals surface area contributed by atoms with Crippen LogP contribution in [0.15, 0.2) is 66.0 Å². The number of amides is 1. The van der Waals surface area contributed by atoms with Crippen LogP contribution < -0.4 is 26.1 Å². The summed E-state index contributed by atoms with van der Waals surface area (Å²) >= 11 is 0. The molecule has 1 atom stereocenters. The first kappa shape index (κ1) is 23.4. The van der Waals surface area contributed by atoms with Gasteiger partial charge in [0.15, 0.2) is 17.3 Å². The number of carbonyl (C=O) groups is 1. The van der Waals surface area contributed by atoms with Gasteiger partial charge in [-0.2, -0.15) is 0 Å². The van der Waals surface area contributed by atoms with Crippen molar-refractivity contribution in [2.45, 2.75) is 18.9 Å². The van der Waals surface area contributed by atoms with Crippen LogP contribution in [-0.4, -0.2) is 46.1 Å². The maximum absolute atomic E-state index is 15.8. The molecule has 4 heterocycles. The van der Waals surface area contributed by atoms with Crippen LogP contribution in [0.4, 0.5) is 10.1 Å². The third kappa shape index (κ3) is 3.83. The Balaban J connectivity index is 1.42. The minimum atomic E-state index is -0.587. The molecule has 5 aromatic rings. The van der Waals surface area contributed by atoms with Crippen LogP contribution in [0, 0.1) is 5.82 Å². The van der Waals surface area contributed by atoms with Gasteiger partial charge in [-0.1, -0.05) is 24.3 Å². The van der Waals surface area contributed by atoms with E-state index in [1.54, 1.807) is 17.1 Å². The summed E-state index contributed by atoms with van der Waals surface area (Å²) in [5, 5.41) is 4.81. The van der Waals surface area contributed by atoms with Crippen molar-refractivity contribution in [3.05, 3.63) is 88.5 Å². The lowest BCUT2D eigenvalue weighted by Gasteiger charge is -2.29. The molecule has 9 nitrogen and oxygen atoms in total. The van der Waals surface area contributed by atoms with Crippen molar-refractivity contribution in [2.75, 3.05) is 24.5 Å². The van der Waals surface area contributed by atoms with Gasteiger partial charge in [0, 0.05) is 50.2 Å². The summed E-state index contributed by atoms with van der Waals surface area (Å²) in [7, 11) is 0. The first-order valence-electron chi connectivity index (χ1n) is 12.9. The van der Waals surface area contributed by atoms with Gasteiger partial charge in [-0.3, -0.25) is 9.59 Å². The molecule has 4 N–H and O–H groups in total. The summed E-state index contributed by atoms with van der Waals surface area (Å²) < 4.78 is 23.9. The van der Waals surface area contributed by atoms with E-state index in [9.17, 15) is 9.59 Å². The van der Waals surface area contributed by atoms with Crippen LogP contribution in [0.2, 0.25) is 0 Å². The largest absolute Gasteiger partial charge is 0.451 e. The molecule has 7 rings (SSSR count). The fraction of sp³-hybridized carbons (Fsp3) is 0.207. The van der Waals surface area contributed by atoms with Gasteiger partial charge in [0.25, 0.3) is 5.91 Å². The number of H-pyrrole nitrogens is 1. The van der Waals surface area contributed by atoms with Gasteiger partial charge in [-0.25, -0.2) is 9.37 Å². The second-order valence-corrected chi connectivity index (χ2v) is 10.0. The highest BCUT2D eigenvalue weighted by Crippen LogP contribution is 2.48. The lowest BCUT2D eigenvalue weighted by atomic mass is 10.0. The van der Waals surface area contributed by atoms with Crippen molar-refractivity contribution < 1.29 is 13.9 Å². The molecule has 0 spiro atoms. The molecule has 1 saturated heterocycles. The number of fused-ring (bicyclic) bond motifs is 3. The highest BCUT2D eigenvalue weighted by molar-refractivity contribution is 6.02. The predicted molar refractivity (Wildman–Crippen MR) is 147 cm³/mol. The van der Waals surface area contributed by atoms with E-state index in [0.29, 0.717) is 43.0 Å². The molecule has 2 aromatic heterocycles. The molecule has 1 unspecified atom stereocenters. The van der Waals surface area contributed by atoms with Crippen LogP contribution >= 0.6 is 0 Å². The highest BCUT2D eigenvalue weighted by Gasteiger charge is 2.32. The van der Waals surface area contributed by atoms with E-state index in [2.05, 4.69) is 15.3 Å². The number of hydrogen-bond acceptors (Lipinski definition) is 6. The number of rotatable bonds is 5. The Morgan fingerprint density at radius 2 is 2.05 bits per heavy atom. The maximum atomic E-state index is 15.8. The lowest BCUT2D eigenvalue weighted by molar-refractivity contribution is 0.0952. The fourth-order valence-electron chi connectivity index (χ4n) is 5.56. The van der Waals surface area contributed by atoms with Gasteiger partial charge in [0.05, 0.1) is 17.4 Å². The number of imidazole rings is 1. The van der Waals surface area contributed by atoms with Crippen molar-refractivity contribution in [3.63, 3.8) is 0 Å². The van der Waals surface area contributed by atoms with E-state index in [-0.39, 0.29) is 28.4 Å². The molecule has 0 saturated carbocycles. The normalized spacial score (nSPS) is 15.9. The molecule has 39 heavy (non-hydrogen) atoms. The number of halogens is 1. The van der Waals surface area contributed by atoms with Crippen LogP contribution in [0.5, 0.6) is 11.5 Å². The molecule has 1 amide bonds. The topological polar surface area (TPSA) is 118 Å². The fourth-order valence-corrected chi connectivity index (χ4v) is 5.56. The number of aromatic amines is 1. The van der Waals surface area contributed by atoms with Crippen molar-refractivity contribution in [1.82, 2.24) is 19.9 Å². The van der Waals surface area contributed by atoms with Crippen LogP contribution in [0.3, 0.4) is 0 Å². The second kappa shape index (κ2) is 8.95. The Hall–Kier alpha value is -4.70. The number of aromatic nitrogens is 3. The molecule has 1 fully saturated rings. The third-order valence-electron chi connectivity index (χ3n) is 7.49. The van der Waals surface area contributed by atoms with Crippen molar-refractivity contribution >= 4 is 33.3 Å². The number of nitrogens with one attached hydrogen (secondary N) is 2. The Labute approximate surface area is 222 Å². The van der Waals surface area contributed by atoms with E-state index >= 15 is 4.39 Å². The molecule has 0 radical (unpaired) electrons. The van der Waals surface area contributed by atoms with Gasteiger partial charge in [-0.05, 0) is 35.4 Å². The molecular formula is C29H25FN6O3. The Morgan fingerprint density at radius 3 is 2.79 bits per heavy atom. The van der Waals surface area contributed by atoms with Crippen LogP contribution in [0.25, 0.3) is 27.4 Å². The third-order valence-corrected chi connectivity index (χ3v) is 7.49. The zero-order chi connectivity index (χ0) is 26.7. The highest BCUT2D eigenvalue weighted by atomic mass is 19.1. The number of hydrogen-bond donors (Lipinski definition) is 3. The van der Waals surface area contributed by atoms with Gasteiger partial charge < -0.3 is 30.2 Å². The minimum absolute atomic E-state index is 0.0746. The van der Waals surface area contributed by atoms with E-state index in [1.165, 1.54) is 12.3 Å². The van der Waals surface area contributed by atoms with Crippen LogP contribution in [-0.2, 0) is 6.42 Å². The molecule has 2 aliphatic heterocycles. The summed E-state index contributed by atoms with van der Waals surface area (Å²) in [6.07, 6.45) is 6.03. The van der Waals surface area contributed by atoms with Crippen LogP contribution in [0.1, 0.15) is 22.5 Å². The Kier molecular flexibility index (Phi) is 5.38. The zero-order valence-corrected chi connectivity index (χ0v) is 20.9. The quantitative estimate of drug-likeness (QED) is 0.317. The Bertz CT molecular complexity index is 1830. The minimum Gasteiger partial charge on any atom is -0.451 e. The molecular weight excluding hydrogens is 499 g/mol. The van der Waals surface area contributed by atoms with Gasteiger partial charge in [0.1, 0.15) is 16.8 Å². The molecule has 10 heteroatoms. The SMILES string of the molecule is NC1CCN(c2c(F)cc3c(=O)c(C(=O)NCCc4cnc[nH]4)cn4c3c2Oc2cc3ccccc3cc2-4)C1. The Morgan fingerprint density at radius 1 is 1.23 bits per heavy atom. The second-order valence-electron chi connectivity index (χ2n) is 10.0. The van der Waals surface area contributed by atoms with Gasteiger partial charge in [-0.15, -0.1) is 0 Å². The average molecular weight is 525 g/mol. The number of nitrogens with two attached hydrogens (primary N) is 1. The summed E-state index contributed by atoms with van der Waals surface area (Å²) in [6.45, 7) is 1.35. The maximum Gasteiger partial charge on any atom is 0.256 e. The summed E-state index contributed by atoms with van der Waals surface area (Å²) in [6, 6.07) is 12.8. The summed E-state index contributed by atoms with van der Waals surface area (Å²) in [5.41, 5.74) is 7.73. The van der Waals surface area contributed by atoms with Gasteiger partial charge in [0.2, 0.25) is 5.43 Å². The lowest BCUT2D eigenvalue weighted by Crippen LogP contribution is -2.32. The molecule has 196 valence electrons. The first-order chi connectivity index (χ1) is 19.0. The molecule has 0 bridgehead atoms. The summed E-state index contributed by atoms with van der Waals surface area (Å²) in [4.78, 5) is 35.7. The number of nitrogens with zero attached hydrogens (tertiary/aromatic N) is 3. The van der Waals surface area contributed by atoms with E-state index < -0.39 is 17.2 Å². The number of carbonyl (C=O) groups excluding carboxylic acids is 1. The first-order valence-corrected chi connectivity index (χ1v) is 12.9. The van der Waals surface area contributed by atoms with Crippen molar-refractivity contribution in [1.29, 1.82) is 0 Å². The average Bonchev–Trinajstić information content (AvgIpc) is 3.60. The van der Waals surface area contributed by atoms with Gasteiger partial charge >= 0.3 is 0 Å². The standard InChI is InChI=1S/C29H25FN6O3/c30-22-11-20-25-28(26(22)35-8-6-18(31)13-35)39-24-10-17-4-2-1-3-16(17)9-23(24)36(25)14-21(27(20)37)29(38)33-7-5-19-12-32-15-34-19/h1-4,9-12,14-15,18H,5-8,13,31H2,(H,32,34)(H,33,38). The zero-order valence-electron chi connectivity index (χ0n) is 20.9. The molecule has 3 aromatic carbocycles. The van der Waals surface area contributed by atoms with E-state index in [1.807, 2.05) is 41.3 Å². The van der Waals surface area contributed by atoms with Crippen molar-refractivity contribution in [3.8, 4) is 17.2 Å². The summed E-state index contributed by atoms with van der Waals surface area (Å²) in [5.74, 6) is -0.357. The van der Waals surface area contributed by atoms with E-state index in [4.69, 9.17) is 10.5 Å². The number of benzene rings is 3. The molecule has 0 aliphatic carbocycles. The number of anilines is 1. The smallest absolute Gasteiger partial charge is 0.256 e. The molecule has 2 aliphatic rings. The predicted octanol–water partition coefficient (Wildman–Crippen LogP) is 3.62. The number of pyridine rings is 1. The number of ether oxygens (including phenoxy) is 1. The monoisotopic (exact) mass is 524 g/mol.